The maximum atomic E-state index is 15.0. The van der Waals surface area contributed by atoms with E-state index < -0.39 is 98.1 Å². The van der Waals surface area contributed by atoms with Crippen LogP contribution >= 0.6 is 0 Å². The minimum atomic E-state index is -0.651. The summed E-state index contributed by atoms with van der Waals surface area (Å²) in [5, 5.41) is 0. The lowest BCUT2D eigenvalue weighted by molar-refractivity contribution is 0.0616. The predicted octanol–water partition coefficient (Wildman–Crippen LogP) is 16.9. The summed E-state index contributed by atoms with van der Waals surface area (Å²) in [4.78, 5) is 125. The lowest BCUT2D eigenvalue weighted by atomic mass is 9.74. The molecule has 0 radical (unpaired) electrons. The maximum Gasteiger partial charge on any atom is 0.261 e. The Balaban J connectivity index is 1.02. The second-order valence-electron chi connectivity index (χ2n) is 29.6. The van der Waals surface area contributed by atoms with E-state index in [1.54, 1.807) is 97.1 Å². The molecule has 0 saturated heterocycles. The number of fused-ring (bicyclic) bond motifs is 4. The van der Waals surface area contributed by atoms with Gasteiger partial charge >= 0.3 is 0 Å². The monoisotopic (exact) mass is 1450 g/mol. The number of rotatable bonds is 24. The third-order valence-electron chi connectivity index (χ3n) is 23.3. The number of imide groups is 4. The Kier molecular flexibility index (Phi) is 18.6. The number of carbonyl (C=O) groups excluding carboxylic acids is 8. The van der Waals surface area contributed by atoms with Crippen LogP contribution in [-0.2, 0) is 26.2 Å². The molecule has 0 aromatic heterocycles. The summed E-state index contributed by atoms with van der Waals surface area (Å²) in [6, 6.07) is 35.9. The fraction of sp³-hybridized carbons (Fsp3) is 0.364. The highest BCUT2D eigenvalue weighted by molar-refractivity contribution is 6.23. The highest BCUT2D eigenvalue weighted by Gasteiger charge is 2.48. The van der Waals surface area contributed by atoms with Gasteiger partial charge in [0.15, 0.2) is 0 Å². The molecule has 8 aromatic carbocycles. The van der Waals surface area contributed by atoms with Gasteiger partial charge in [-0.1, -0.05) is 153 Å². The van der Waals surface area contributed by atoms with E-state index >= 15 is 38.4 Å². The second kappa shape index (κ2) is 28.8. The van der Waals surface area contributed by atoms with Crippen molar-refractivity contribution in [2.75, 3.05) is 27.2 Å². The van der Waals surface area contributed by atoms with Crippen molar-refractivity contribution in [1.29, 1.82) is 0 Å². The number of amides is 8. The molecule has 1 aliphatic carbocycles. The summed E-state index contributed by atoms with van der Waals surface area (Å²) in [5.41, 5.74) is 9.32. The summed E-state index contributed by atoms with van der Waals surface area (Å²) in [6.45, 7) is 5.57. The molecule has 0 saturated carbocycles. The van der Waals surface area contributed by atoms with Crippen molar-refractivity contribution in [2.24, 2.45) is 0 Å². The quantitative estimate of drug-likeness (QED) is 0.0405. The van der Waals surface area contributed by atoms with Gasteiger partial charge < -0.3 is 37.9 Å². The first-order valence-corrected chi connectivity index (χ1v) is 38.4. The zero-order chi connectivity index (χ0) is 74.2. The number of carbonyl (C=O) groups is 8. The fourth-order valence-electron chi connectivity index (χ4n) is 18.1. The SMILES string of the molecule is CCCCCC1c2cc3c4c(CN5C(=O)c6ccccc6C5=O)c2OCOc2c1cc1c(c2CN2C(=O)c5ccccc5C2=O)OCOc2c(cc5c(c2CN2C(=O)c6ccccc6C2=O)OCOc2c(cc(c(c2CN2C(=O)c6ccccc6C2=O)OCO4)C3CCCCC)C5CCCCC)C1CCCCC. The van der Waals surface area contributed by atoms with E-state index in [0.29, 0.717) is 164 Å². The zero-order valence-corrected chi connectivity index (χ0v) is 61.1. The lowest BCUT2D eigenvalue weighted by Gasteiger charge is -2.38. The van der Waals surface area contributed by atoms with Crippen molar-refractivity contribution in [1.82, 2.24) is 19.6 Å². The number of hydrogen-bond donors (Lipinski definition) is 0. The van der Waals surface area contributed by atoms with Crippen molar-refractivity contribution in [3.63, 3.8) is 0 Å². The first-order valence-electron chi connectivity index (χ1n) is 38.4. The van der Waals surface area contributed by atoms with E-state index in [4.69, 9.17) is 37.9 Å². The molecule has 20 heteroatoms. The molecule has 0 N–H and O–H groups in total. The van der Waals surface area contributed by atoms with Gasteiger partial charge in [0.2, 0.25) is 27.2 Å². The molecule has 8 heterocycles. The van der Waals surface area contributed by atoms with Gasteiger partial charge in [-0.3, -0.25) is 58.0 Å². The highest BCUT2D eigenvalue weighted by atomic mass is 16.7. The van der Waals surface area contributed by atoms with Crippen LogP contribution in [0.5, 0.6) is 46.0 Å². The van der Waals surface area contributed by atoms with Crippen molar-refractivity contribution in [3.8, 4) is 46.0 Å². The molecule has 8 aliphatic heterocycles. The molecule has 108 heavy (non-hydrogen) atoms. The Morgan fingerprint density at radius 1 is 0.250 bits per heavy atom. The Labute approximate surface area is 626 Å². The normalized spacial score (nSPS) is 18.7. The minimum absolute atomic E-state index is 0.259. The summed E-state index contributed by atoms with van der Waals surface area (Å²) >= 11 is 0. The molecule has 8 bridgehead atoms. The minimum Gasteiger partial charge on any atom is -0.457 e. The van der Waals surface area contributed by atoms with E-state index in [1.807, 2.05) is 0 Å². The van der Waals surface area contributed by atoms with E-state index in [9.17, 15) is 0 Å². The molecular weight excluding hydrogens is 1370 g/mol. The Bertz CT molecular complexity index is 4230. The fourth-order valence-corrected chi connectivity index (χ4v) is 18.1. The third kappa shape index (κ3) is 11.5. The Morgan fingerprint density at radius 3 is 0.556 bits per heavy atom. The zero-order valence-electron chi connectivity index (χ0n) is 61.1. The molecule has 552 valence electrons. The maximum absolute atomic E-state index is 15.0. The Morgan fingerprint density at radius 2 is 0.407 bits per heavy atom. The molecule has 0 unspecified atom stereocenters. The molecule has 0 fully saturated rings. The molecule has 0 spiro atoms. The topological polar surface area (TPSA) is 223 Å². The molecule has 20 nitrogen and oxygen atoms in total. The molecule has 9 aliphatic rings. The number of nitrogens with zero attached hydrogens (tertiary/aromatic N) is 4. The third-order valence-corrected chi connectivity index (χ3v) is 23.3. The van der Waals surface area contributed by atoms with E-state index in [0.717, 1.165) is 51.4 Å². The van der Waals surface area contributed by atoms with E-state index in [2.05, 4.69) is 52.0 Å². The number of ether oxygens (including phenoxy) is 8. The van der Waals surface area contributed by atoms with Gasteiger partial charge in [-0.2, -0.15) is 0 Å². The van der Waals surface area contributed by atoms with Crippen LogP contribution in [0.4, 0.5) is 0 Å². The average molecular weight is 1450 g/mol. The van der Waals surface area contributed by atoms with Crippen LogP contribution in [0.15, 0.2) is 121 Å². The first kappa shape index (κ1) is 69.7. The van der Waals surface area contributed by atoms with Gasteiger partial charge in [-0.15, -0.1) is 0 Å². The van der Waals surface area contributed by atoms with Crippen molar-refractivity contribution < 1.29 is 76.3 Å². The second-order valence-corrected chi connectivity index (χ2v) is 29.6. The summed E-state index contributed by atoms with van der Waals surface area (Å²) in [5.74, 6) is -3.89. The molecule has 8 amide bonds. The molecule has 0 atom stereocenters. The molecule has 17 rings (SSSR count). The van der Waals surface area contributed by atoms with Crippen LogP contribution in [-0.4, -0.2) is 94.0 Å². The number of hydrogen-bond acceptors (Lipinski definition) is 16. The van der Waals surface area contributed by atoms with Crippen LogP contribution in [0.1, 0.15) is 304 Å². The van der Waals surface area contributed by atoms with Gasteiger partial charge in [0.1, 0.15) is 46.0 Å². The smallest absolute Gasteiger partial charge is 0.261 e. The standard InChI is InChI=1S/C88H84N4O16/c1-5-9-13-25-49-61-37-63-50(26-14-10-6-2)65-39-67-52(28-16-12-8-4)68-40-66-51(27-15-11-7-3)64-38-62(49)74-70(42-90-83(95)55-31-19-20-32-56(55)84(90)96)76(64)104-47-106-78(66)72(44-92-87(99)59-35-23-24-36-60(59)88(92)100)80(68)108-48-107-79(67)71(43-91-85(97)57-33-21-22-34-58(57)86(91)98)77(65)105-46-103-75(63)69(73(61)101-45-102-74)41-89-81(93)53-29-17-18-30-54(53)82(89)94/h17-24,29-40,49-52H,5-16,25-28,41-48H2,1-4H3. The van der Waals surface area contributed by atoms with E-state index in [1.165, 1.54) is 19.6 Å². The summed E-state index contributed by atoms with van der Waals surface area (Å²) in [7, 11) is 0. The Hall–Kier alpha value is -11.3. The highest BCUT2D eigenvalue weighted by Crippen LogP contribution is 2.60. The van der Waals surface area contributed by atoms with Gasteiger partial charge in [0, 0.05) is 68.2 Å². The van der Waals surface area contributed by atoms with Crippen LogP contribution in [0.25, 0.3) is 0 Å². The van der Waals surface area contributed by atoms with Crippen molar-refractivity contribution in [2.45, 2.75) is 180 Å². The average Bonchev–Trinajstić information content (AvgIpc) is 0.836. The molecular formula is C88H84N4O16. The van der Waals surface area contributed by atoms with Gasteiger partial charge in [-0.05, 0) is 98.5 Å². The van der Waals surface area contributed by atoms with Crippen LogP contribution in [0.3, 0.4) is 0 Å². The first-order chi connectivity index (χ1) is 52.8. The van der Waals surface area contributed by atoms with E-state index in [-0.39, 0.29) is 70.7 Å². The number of unbranched alkanes of at least 4 members (excludes halogenated alkanes) is 8. The number of benzene rings is 8. The van der Waals surface area contributed by atoms with Gasteiger partial charge in [-0.25, -0.2) is 0 Å². The summed E-state index contributed by atoms with van der Waals surface area (Å²) in [6.07, 6.45) is 11.4. The lowest BCUT2D eigenvalue weighted by Crippen LogP contribution is -2.33. The molecule has 8 aromatic rings. The van der Waals surface area contributed by atoms with Crippen molar-refractivity contribution >= 4 is 47.3 Å². The van der Waals surface area contributed by atoms with Crippen molar-refractivity contribution in [3.05, 3.63) is 233 Å². The predicted molar refractivity (Wildman–Crippen MR) is 397 cm³/mol. The largest absolute Gasteiger partial charge is 0.457 e. The van der Waals surface area contributed by atoms with Crippen LogP contribution in [0, 0.1) is 0 Å². The van der Waals surface area contributed by atoms with Gasteiger partial charge in [0.25, 0.3) is 47.3 Å². The summed E-state index contributed by atoms with van der Waals surface area (Å²) < 4.78 is 57.7. The van der Waals surface area contributed by atoms with Crippen LogP contribution in [0.2, 0.25) is 0 Å². The van der Waals surface area contributed by atoms with Crippen LogP contribution < -0.4 is 37.9 Å². The van der Waals surface area contributed by atoms with Gasteiger partial charge in [0.05, 0.1) is 92.9 Å².